The summed E-state index contributed by atoms with van der Waals surface area (Å²) in [6.07, 6.45) is -1.29. The van der Waals surface area contributed by atoms with E-state index in [9.17, 15) is 18.0 Å². The largest absolute Gasteiger partial charge is 0.414 e. The van der Waals surface area contributed by atoms with Crippen LogP contribution in [0.4, 0.5) is 0 Å². The van der Waals surface area contributed by atoms with Crippen LogP contribution in [0, 0.1) is 6.92 Å². The molecule has 2 N–H and O–H groups in total. The molecule has 1 fully saturated rings. The molecule has 0 bridgehead atoms. The Bertz CT molecular complexity index is 1420. The second-order valence-electron chi connectivity index (χ2n) is 14.3. The van der Waals surface area contributed by atoms with Gasteiger partial charge in [0.1, 0.15) is 12.2 Å². The van der Waals surface area contributed by atoms with Crippen LogP contribution in [-0.4, -0.2) is 58.6 Å². The number of aryl methyl sites for hydroxylation is 1. The Labute approximate surface area is 246 Å². The summed E-state index contributed by atoms with van der Waals surface area (Å²) in [7, 11) is -9.19. The molecule has 0 radical (unpaired) electrons. The predicted octanol–water partition coefficient (Wildman–Crippen LogP) is 3.94. The molecule has 2 aliphatic heterocycles. The maximum absolute atomic E-state index is 13.8. The number of aromatic nitrogens is 2. The molecule has 234 valence electrons. The van der Waals surface area contributed by atoms with E-state index in [2.05, 4.69) is 54.6 Å². The van der Waals surface area contributed by atoms with Gasteiger partial charge >= 0.3 is 5.69 Å². The standard InChI is InChI=1S/C27H49N3O8SSi2/c1-13-14-29-22(31)18(2)15-30(24(29)32)23-21(37-41(11,12)26(6,7)8)27(19(28)17-39(33,34)38-27)20(36-23)16-35-40(9,10)25(3,4)5/h15,17,20-21,23H,13-14,16,28H2,1-12H3/t20?,21-,23+,27?/m0/s1. The molecule has 0 aliphatic carbocycles. The fraction of sp³-hybridized carbons (Fsp3) is 0.778. The average molecular weight is 632 g/mol. The van der Waals surface area contributed by atoms with Gasteiger partial charge in [0.05, 0.1) is 17.7 Å². The van der Waals surface area contributed by atoms with E-state index < -0.39 is 56.5 Å². The quantitative estimate of drug-likeness (QED) is 0.334. The van der Waals surface area contributed by atoms with Crippen LogP contribution in [0.1, 0.15) is 66.7 Å². The minimum Gasteiger partial charge on any atom is -0.414 e. The van der Waals surface area contributed by atoms with E-state index in [0.29, 0.717) is 12.0 Å². The van der Waals surface area contributed by atoms with E-state index in [4.69, 9.17) is 23.5 Å². The Balaban J connectivity index is 2.30. The molecule has 14 heteroatoms. The summed E-state index contributed by atoms with van der Waals surface area (Å²) in [4.78, 5) is 26.6. The normalized spacial score (nSPS) is 27.0. The van der Waals surface area contributed by atoms with Crippen LogP contribution in [-0.2, 0) is 34.4 Å². The van der Waals surface area contributed by atoms with Crippen molar-refractivity contribution in [1.29, 1.82) is 0 Å². The highest BCUT2D eigenvalue weighted by molar-refractivity contribution is 7.90. The van der Waals surface area contributed by atoms with E-state index in [-0.39, 0.29) is 34.5 Å². The minimum atomic E-state index is -4.19. The van der Waals surface area contributed by atoms with E-state index >= 15 is 0 Å². The second kappa shape index (κ2) is 10.9. The lowest BCUT2D eigenvalue weighted by Crippen LogP contribution is -2.59. The zero-order valence-electron chi connectivity index (χ0n) is 26.7. The maximum atomic E-state index is 13.8. The first-order valence-corrected chi connectivity index (χ1v) is 21.4. The molecule has 1 aromatic heterocycles. The third-order valence-corrected chi connectivity index (χ3v) is 19.2. The van der Waals surface area contributed by atoms with Gasteiger partial charge in [-0.1, -0.05) is 48.5 Å². The van der Waals surface area contributed by atoms with Crippen molar-refractivity contribution in [3.63, 3.8) is 0 Å². The second-order valence-corrected chi connectivity index (χ2v) is 25.2. The van der Waals surface area contributed by atoms with Gasteiger partial charge in [-0.2, -0.15) is 8.42 Å². The van der Waals surface area contributed by atoms with Gasteiger partial charge in [0, 0.05) is 18.3 Å². The van der Waals surface area contributed by atoms with Crippen LogP contribution in [0.15, 0.2) is 26.9 Å². The highest BCUT2D eigenvalue weighted by atomic mass is 32.2. The number of hydrogen-bond donors (Lipinski definition) is 1. The number of hydrogen-bond acceptors (Lipinski definition) is 9. The van der Waals surface area contributed by atoms with Crippen molar-refractivity contribution < 1.29 is 26.2 Å². The number of ether oxygens (including phenoxy) is 1. The van der Waals surface area contributed by atoms with E-state index in [0.717, 1.165) is 5.41 Å². The monoisotopic (exact) mass is 631 g/mol. The summed E-state index contributed by atoms with van der Waals surface area (Å²) in [5.74, 6) is 0. The predicted molar refractivity (Wildman–Crippen MR) is 164 cm³/mol. The van der Waals surface area contributed by atoms with Crippen molar-refractivity contribution in [3.8, 4) is 0 Å². The van der Waals surface area contributed by atoms with Crippen LogP contribution in [0.2, 0.25) is 36.3 Å². The molecule has 1 spiro atoms. The van der Waals surface area contributed by atoms with E-state index in [1.165, 1.54) is 15.3 Å². The SMILES string of the molecule is CCCn1c(=O)c(C)cn([C@@H]2OC(CO[Si](C)(C)C(C)(C)C)C3(OS(=O)(=O)C=C3N)[C@H]2O[Si](C)(C)C(C)(C)C)c1=O. The first-order chi connectivity index (χ1) is 18.4. The van der Waals surface area contributed by atoms with Gasteiger partial charge in [-0.15, -0.1) is 0 Å². The van der Waals surface area contributed by atoms with Crippen LogP contribution in [0.5, 0.6) is 0 Å². The van der Waals surface area contributed by atoms with Gasteiger partial charge < -0.3 is 19.3 Å². The van der Waals surface area contributed by atoms with Gasteiger partial charge in [0.25, 0.3) is 15.7 Å². The van der Waals surface area contributed by atoms with Crippen LogP contribution in [0.25, 0.3) is 0 Å². The van der Waals surface area contributed by atoms with E-state index in [1.807, 2.05) is 20.0 Å². The van der Waals surface area contributed by atoms with Crippen LogP contribution < -0.4 is 17.0 Å². The summed E-state index contributed by atoms with van der Waals surface area (Å²) < 4.78 is 54.2. The highest BCUT2D eigenvalue weighted by Gasteiger charge is 2.67. The molecule has 2 unspecified atom stereocenters. The molecule has 0 aromatic carbocycles. The Hall–Kier alpha value is -1.56. The Kier molecular flexibility index (Phi) is 8.99. The minimum absolute atomic E-state index is 0.0310. The Morgan fingerprint density at radius 1 is 1.05 bits per heavy atom. The average Bonchev–Trinajstić information content (AvgIpc) is 3.22. The highest BCUT2D eigenvalue weighted by Crippen LogP contribution is 2.52. The topological polar surface area (TPSA) is 141 Å². The lowest BCUT2D eigenvalue weighted by molar-refractivity contribution is -0.0567. The molecular formula is C27H49N3O8SSi2. The first kappa shape index (κ1) is 33.9. The van der Waals surface area contributed by atoms with Crippen molar-refractivity contribution >= 4 is 26.8 Å². The van der Waals surface area contributed by atoms with Gasteiger partial charge in [0.15, 0.2) is 28.5 Å². The summed E-state index contributed by atoms with van der Waals surface area (Å²) in [5.41, 5.74) is 4.04. The lowest BCUT2D eigenvalue weighted by atomic mass is 9.89. The molecule has 1 saturated heterocycles. The molecule has 3 heterocycles. The number of nitrogens with zero attached hydrogens (tertiary/aromatic N) is 2. The summed E-state index contributed by atoms with van der Waals surface area (Å²) in [6, 6.07) is 0. The fourth-order valence-corrected chi connectivity index (χ4v) is 8.08. The van der Waals surface area contributed by atoms with E-state index in [1.54, 1.807) is 6.92 Å². The molecule has 41 heavy (non-hydrogen) atoms. The molecular weight excluding hydrogens is 583 g/mol. The third kappa shape index (κ3) is 6.11. The fourth-order valence-electron chi connectivity index (χ4n) is 4.58. The molecule has 1 aromatic rings. The zero-order valence-corrected chi connectivity index (χ0v) is 29.5. The molecule has 0 saturated carbocycles. The number of rotatable bonds is 8. The Morgan fingerprint density at radius 3 is 2.07 bits per heavy atom. The van der Waals surface area contributed by atoms with Crippen molar-refractivity contribution in [3.05, 3.63) is 43.7 Å². The van der Waals surface area contributed by atoms with Crippen LogP contribution in [0.3, 0.4) is 0 Å². The third-order valence-electron chi connectivity index (χ3n) is 9.16. The van der Waals surface area contributed by atoms with Crippen molar-refractivity contribution in [2.75, 3.05) is 6.61 Å². The summed E-state index contributed by atoms with van der Waals surface area (Å²) >= 11 is 0. The number of nitrogens with two attached hydrogens (primary N) is 1. The maximum Gasteiger partial charge on any atom is 0.333 e. The molecule has 3 rings (SSSR count). The first-order valence-electron chi connectivity index (χ1n) is 14.1. The summed E-state index contributed by atoms with van der Waals surface area (Å²) in [6.45, 7) is 24.3. The molecule has 2 aliphatic rings. The summed E-state index contributed by atoms with van der Waals surface area (Å²) in [5, 5.41) is 0.474. The van der Waals surface area contributed by atoms with Crippen molar-refractivity contribution in [2.24, 2.45) is 5.73 Å². The molecule has 4 atom stereocenters. The van der Waals surface area contributed by atoms with Crippen molar-refractivity contribution in [1.82, 2.24) is 9.13 Å². The molecule has 0 amide bonds. The van der Waals surface area contributed by atoms with Crippen LogP contribution >= 0.6 is 0 Å². The smallest absolute Gasteiger partial charge is 0.333 e. The Morgan fingerprint density at radius 2 is 1.61 bits per heavy atom. The molecule has 11 nitrogen and oxygen atoms in total. The van der Waals surface area contributed by atoms with Gasteiger partial charge in [-0.3, -0.25) is 13.9 Å². The van der Waals surface area contributed by atoms with Gasteiger partial charge in [0.2, 0.25) is 0 Å². The zero-order chi connectivity index (χ0) is 31.6. The van der Waals surface area contributed by atoms with Crippen molar-refractivity contribution in [2.45, 2.75) is 129 Å². The van der Waals surface area contributed by atoms with Gasteiger partial charge in [-0.05, 0) is 49.6 Å². The van der Waals surface area contributed by atoms with Gasteiger partial charge in [-0.25, -0.2) is 8.98 Å². The lowest BCUT2D eigenvalue weighted by Gasteiger charge is -2.43.